The van der Waals surface area contributed by atoms with Gasteiger partial charge >= 0.3 is 5.69 Å². The Morgan fingerprint density at radius 2 is 1.96 bits per heavy atom. The fourth-order valence-corrected chi connectivity index (χ4v) is 3.91. The summed E-state index contributed by atoms with van der Waals surface area (Å²) in [6, 6.07) is 7.45. The molecule has 3 heterocycles. The van der Waals surface area contributed by atoms with E-state index in [1.165, 1.54) is 11.6 Å². The summed E-state index contributed by atoms with van der Waals surface area (Å²) in [5.41, 5.74) is 1.45. The first-order valence-corrected chi connectivity index (χ1v) is 9.02. The zero-order chi connectivity index (χ0) is 18.4. The highest BCUT2D eigenvalue weighted by atomic mass is 35.5. The van der Waals surface area contributed by atoms with Crippen molar-refractivity contribution in [2.24, 2.45) is 14.1 Å². The normalized spacial score (nSPS) is 17.3. The Kier molecular flexibility index (Phi) is 4.25. The molecule has 0 saturated carbocycles. The van der Waals surface area contributed by atoms with Gasteiger partial charge in [-0.2, -0.15) is 0 Å². The van der Waals surface area contributed by atoms with Crippen LogP contribution in [0.5, 0.6) is 0 Å². The molecule has 1 aromatic carbocycles. The third-order valence-electron chi connectivity index (χ3n) is 5.07. The summed E-state index contributed by atoms with van der Waals surface area (Å²) >= 11 is 6.45. The van der Waals surface area contributed by atoms with Crippen molar-refractivity contribution < 1.29 is 4.74 Å². The molecular formula is C19H20ClN3O3. The van der Waals surface area contributed by atoms with Crippen molar-refractivity contribution in [1.29, 1.82) is 0 Å². The molecule has 7 heteroatoms. The maximum absolute atomic E-state index is 12.9. The number of rotatable bonds is 3. The van der Waals surface area contributed by atoms with E-state index in [9.17, 15) is 9.59 Å². The molecular weight excluding hydrogens is 354 g/mol. The fraction of sp³-hybridized carbons (Fsp3) is 0.368. The Hall–Kier alpha value is -2.31. The SMILES string of the molecule is Cn1c(=O)c2c(-c3ccccc3Cl)n(CC3CCCO3)cc2n(C)c1=O. The molecule has 4 rings (SSSR count). The highest BCUT2D eigenvalue weighted by molar-refractivity contribution is 6.33. The van der Waals surface area contributed by atoms with Gasteiger partial charge < -0.3 is 9.30 Å². The van der Waals surface area contributed by atoms with Crippen molar-refractivity contribution in [3.8, 4) is 11.3 Å². The van der Waals surface area contributed by atoms with Gasteiger partial charge in [0, 0.05) is 44.0 Å². The van der Waals surface area contributed by atoms with Crippen LogP contribution in [0.4, 0.5) is 0 Å². The van der Waals surface area contributed by atoms with E-state index in [0.29, 0.717) is 22.5 Å². The Morgan fingerprint density at radius 3 is 2.65 bits per heavy atom. The summed E-state index contributed by atoms with van der Waals surface area (Å²) in [5.74, 6) is 0. The van der Waals surface area contributed by atoms with Crippen LogP contribution in [0, 0.1) is 0 Å². The minimum absolute atomic E-state index is 0.0962. The molecule has 0 bridgehead atoms. The first-order valence-electron chi connectivity index (χ1n) is 8.64. The van der Waals surface area contributed by atoms with Gasteiger partial charge in [-0.1, -0.05) is 29.8 Å². The third-order valence-corrected chi connectivity index (χ3v) is 5.39. The van der Waals surface area contributed by atoms with Crippen LogP contribution in [0.15, 0.2) is 40.1 Å². The molecule has 0 N–H and O–H groups in total. The molecule has 0 amide bonds. The lowest BCUT2D eigenvalue weighted by atomic mass is 10.1. The molecule has 1 aliphatic rings. The number of benzene rings is 1. The van der Waals surface area contributed by atoms with Crippen LogP contribution in [0.3, 0.4) is 0 Å². The van der Waals surface area contributed by atoms with E-state index in [2.05, 4.69) is 0 Å². The quantitative estimate of drug-likeness (QED) is 0.709. The second kappa shape index (κ2) is 6.45. The van der Waals surface area contributed by atoms with Gasteiger partial charge in [-0.05, 0) is 18.9 Å². The standard InChI is InChI=1S/C19H20ClN3O3/c1-21-15-11-23(10-12-6-5-9-26-12)17(13-7-3-4-8-14(13)20)16(15)18(24)22(2)19(21)25/h3-4,7-8,11-12H,5-6,9-10H2,1-2H3. The van der Waals surface area contributed by atoms with Crippen LogP contribution in [-0.2, 0) is 25.4 Å². The number of aromatic nitrogens is 3. The van der Waals surface area contributed by atoms with Crippen LogP contribution < -0.4 is 11.2 Å². The Morgan fingerprint density at radius 1 is 1.19 bits per heavy atom. The van der Waals surface area contributed by atoms with E-state index in [-0.39, 0.29) is 17.4 Å². The predicted molar refractivity (Wildman–Crippen MR) is 102 cm³/mol. The molecule has 136 valence electrons. The number of hydrogen-bond acceptors (Lipinski definition) is 3. The van der Waals surface area contributed by atoms with E-state index in [0.717, 1.165) is 35.3 Å². The van der Waals surface area contributed by atoms with E-state index in [4.69, 9.17) is 16.3 Å². The minimum atomic E-state index is -0.345. The summed E-state index contributed by atoms with van der Waals surface area (Å²) in [7, 11) is 3.18. The summed E-state index contributed by atoms with van der Waals surface area (Å²) in [5, 5.41) is 1.07. The highest BCUT2D eigenvalue weighted by Gasteiger charge is 2.23. The third kappa shape index (κ3) is 2.61. The molecule has 6 nitrogen and oxygen atoms in total. The predicted octanol–water partition coefficient (Wildman–Crippen LogP) is 2.54. The van der Waals surface area contributed by atoms with Crippen molar-refractivity contribution in [1.82, 2.24) is 13.7 Å². The van der Waals surface area contributed by atoms with Gasteiger partial charge in [0.25, 0.3) is 5.56 Å². The van der Waals surface area contributed by atoms with Crippen molar-refractivity contribution in [3.63, 3.8) is 0 Å². The number of halogens is 1. The summed E-state index contributed by atoms with van der Waals surface area (Å²) in [6.45, 7) is 1.37. The molecule has 0 radical (unpaired) electrons. The second-order valence-corrected chi connectivity index (χ2v) is 7.12. The second-order valence-electron chi connectivity index (χ2n) is 6.71. The molecule has 1 fully saturated rings. The van der Waals surface area contributed by atoms with Gasteiger partial charge in [0.2, 0.25) is 0 Å². The van der Waals surface area contributed by atoms with Crippen LogP contribution >= 0.6 is 11.6 Å². The van der Waals surface area contributed by atoms with Crippen molar-refractivity contribution >= 4 is 22.5 Å². The van der Waals surface area contributed by atoms with Crippen LogP contribution in [0.1, 0.15) is 12.8 Å². The lowest BCUT2D eigenvalue weighted by Crippen LogP contribution is -2.36. The first kappa shape index (κ1) is 17.1. The largest absolute Gasteiger partial charge is 0.376 e. The van der Waals surface area contributed by atoms with E-state index in [1.807, 2.05) is 29.0 Å². The van der Waals surface area contributed by atoms with Crippen molar-refractivity contribution in [2.45, 2.75) is 25.5 Å². The number of aryl methyl sites for hydroxylation is 1. The molecule has 1 saturated heterocycles. The topological polar surface area (TPSA) is 58.2 Å². The minimum Gasteiger partial charge on any atom is -0.376 e. The summed E-state index contributed by atoms with van der Waals surface area (Å²) in [6.07, 6.45) is 3.97. The number of nitrogens with zero attached hydrogens (tertiary/aromatic N) is 3. The summed E-state index contributed by atoms with van der Waals surface area (Å²) < 4.78 is 10.4. The van der Waals surface area contributed by atoms with Gasteiger partial charge in [-0.25, -0.2) is 4.79 Å². The molecule has 1 unspecified atom stereocenters. The average molecular weight is 374 g/mol. The van der Waals surface area contributed by atoms with E-state index >= 15 is 0 Å². The van der Waals surface area contributed by atoms with Gasteiger partial charge in [-0.3, -0.25) is 13.9 Å². The van der Waals surface area contributed by atoms with Crippen molar-refractivity contribution in [3.05, 3.63) is 56.3 Å². The number of fused-ring (bicyclic) bond motifs is 1. The lowest BCUT2D eigenvalue weighted by Gasteiger charge is -2.15. The first-order chi connectivity index (χ1) is 12.5. The monoisotopic (exact) mass is 373 g/mol. The maximum Gasteiger partial charge on any atom is 0.330 e. The van der Waals surface area contributed by atoms with E-state index < -0.39 is 0 Å². The molecule has 1 aliphatic heterocycles. The number of ether oxygens (including phenoxy) is 1. The summed E-state index contributed by atoms with van der Waals surface area (Å²) in [4.78, 5) is 25.3. The fourth-order valence-electron chi connectivity index (χ4n) is 3.68. The smallest absolute Gasteiger partial charge is 0.330 e. The van der Waals surface area contributed by atoms with Gasteiger partial charge in [0.05, 0.1) is 22.7 Å². The Labute approximate surface area is 155 Å². The van der Waals surface area contributed by atoms with Crippen LogP contribution in [0.25, 0.3) is 22.2 Å². The van der Waals surface area contributed by atoms with Gasteiger partial charge in [0.1, 0.15) is 0 Å². The molecule has 2 aromatic heterocycles. The molecule has 1 atom stereocenters. The number of hydrogen-bond donors (Lipinski definition) is 0. The lowest BCUT2D eigenvalue weighted by molar-refractivity contribution is 0.0975. The molecule has 26 heavy (non-hydrogen) atoms. The molecule has 0 spiro atoms. The zero-order valence-electron chi connectivity index (χ0n) is 14.7. The van der Waals surface area contributed by atoms with Crippen molar-refractivity contribution in [2.75, 3.05) is 6.61 Å². The van der Waals surface area contributed by atoms with E-state index in [1.54, 1.807) is 13.1 Å². The highest BCUT2D eigenvalue weighted by Crippen LogP contribution is 2.33. The van der Waals surface area contributed by atoms with Crippen LogP contribution in [-0.4, -0.2) is 26.4 Å². The van der Waals surface area contributed by atoms with Gasteiger partial charge in [-0.15, -0.1) is 0 Å². The molecule has 3 aromatic rings. The Balaban J connectivity index is 2.06. The zero-order valence-corrected chi connectivity index (χ0v) is 15.5. The Bertz CT molecular complexity index is 1100. The molecule has 0 aliphatic carbocycles. The van der Waals surface area contributed by atoms with Crippen LogP contribution in [0.2, 0.25) is 5.02 Å². The van der Waals surface area contributed by atoms with Gasteiger partial charge in [0.15, 0.2) is 0 Å². The maximum atomic E-state index is 12.9. The average Bonchev–Trinajstić information content (AvgIpc) is 3.27.